The molecule has 0 amide bonds. The molecule has 0 aliphatic carbocycles. The van der Waals surface area contributed by atoms with E-state index >= 15 is 0 Å². The van der Waals surface area contributed by atoms with E-state index in [0.29, 0.717) is 0 Å². The fourth-order valence-electron chi connectivity index (χ4n) is 0. The van der Waals surface area contributed by atoms with Crippen LogP contribution in [0.1, 0.15) is 0 Å². The molecule has 0 rings (SSSR count). The van der Waals surface area contributed by atoms with Crippen LogP contribution in [0.25, 0.3) is 0 Å². The van der Waals surface area contributed by atoms with Gasteiger partial charge in [-0.25, -0.2) is 0 Å². The molecular weight excluding hydrogens is 595 g/mol. The van der Waals surface area contributed by atoms with E-state index in [0.717, 1.165) is 0 Å². The Morgan fingerprint density at radius 3 is 0.778 bits per heavy atom. The summed E-state index contributed by atoms with van der Waals surface area (Å²) in [5, 5.41) is 0. The predicted octanol–water partition coefficient (Wildman–Crippen LogP) is -3.24. The van der Waals surface area contributed by atoms with E-state index in [4.69, 9.17) is 20.2 Å². The van der Waals surface area contributed by atoms with Crippen molar-refractivity contribution in [2.45, 2.75) is 0 Å². The first kappa shape index (κ1) is 17.3. The van der Waals surface area contributed by atoms with Crippen LogP contribution >= 0.6 is 0 Å². The van der Waals surface area contributed by atoms with Crippen LogP contribution in [0.3, 0.4) is 0 Å². The molecule has 0 heterocycles. The van der Waals surface area contributed by atoms with Gasteiger partial charge in [0.05, 0.1) is 0 Å². The fraction of sp³-hybridized carbons (Fsp3) is 0. The van der Waals surface area contributed by atoms with E-state index < -0.39 is 37.6 Å². The van der Waals surface area contributed by atoms with E-state index in [9.17, 15) is 0 Å². The summed E-state index contributed by atoms with van der Waals surface area (Å²) in [5.74, 6) is 0. The first-order chi connectivity index (χ1) is 3.46. The molecule has 0 saturated heterocycles. The van der Waals surface area contributed by atoms with Crippen LogP contribution in [0.15, 0.2) is 0 Å². The third-order valence-electron chi connectivity index (χ3n) is 0. The van der Waals surface area contributed by atoms with Crippen molar-refractivity contribution < 1.29 is 57.8 Å². The average molecular weight is 595 g/mol. The van der Waals surface area contributed by atoms with Gasteiger partial charge in [-0.05, 0) is 0 Å². The molecule has 0 unspecified atom stereocenters. The zero-order valence-corrected chi connectivity index (χ0v) is 14.9. The van der Waals surface area contributed by atoms with Gasteiger partial charge in [0.25, 0.3) is 0 Å². The summed E-state index contributed by atoms with van der Waals surface area (Å²) in [6, 6.07) is 0. The Morgan fingerprint density at radius 1 is 0.778 bits per heavy atom. The monoisotopic (exact) mass is 596 g/mol. The Balaban J connectivity index is -0.0000000720. The van der Waals surface area contributed by atoms with Crippen molar-refractivity contribution in [3.63, 3.8) is 0 Å². The van der Waals surface area contributed by atoms with Crippen LogP contribution in [-0.4, -0.2) is 48.9 Å². The molecule has 0 atom stereocenters. The van der Waals surface area contributed by atoms with Crippen LogP contribution in [0.5, 0.6) is 0 Å². The molecule has 0 aliphatic heterocycles. The van der Waals surface area contributed by atoms with Gasteiger partial charge < -0.3 is 0 Å². The van der Waals surface area contributed by atoms with Gasteiger partial charge in [0.15, 0.2) is 0 Å². The van der Waals surface area contributed by atoms with Crippen molar-refractivity contribution in [2.75, 3.05) is 0 Å². The van der Waals surface area contributed by atoms with Crippen molar-refractivity contribution in [1.82, 2.24) is 0 Å². The minimum absolute atomic E-state index is 0. The van der Waals surface area contributed by atoms with Gasteiger partial charge in [0.1, 0.15) is 0 Å². The van der Waals surface area contributed by atoms with Gasteiger partial charge in [0.2, 0.25) is 0 Å². The molecule has 0 fully saturated rings. The van der Waals surface area contributed by atoms with Crippen LogP contribution in [0.4, 0.5) is 0 Å². The summed E-state index contributed by atoms with van der Waals surface area (Å²) in [5.41, 5.74) is 0. The van der Waals surface area contributed by atoms with Gasteiger partial charge in [-0.3, -0.25) is 0 Å². The molecule has 0 aliphatic rings. The second kappa shape index (κ2) is 12.8. The van der Waals surface area contributed by atoms with E-state index in [1.165, 1.54) is 0 Å². The summed E-state index contributed by atoms with van der Waals surface area (Å²) in [6.07, 6.45) is 0. The summed E-state index contributed by atoms with van der Waals surface area (Å²) in [7, 11) is 0. The molecule has 0 N–H and O–H groups in total. The number of hydrogen-bond donors (Lipinski definition) is 0. The maximum atomic E-state index is 8.62. The number of hydrogen-bond acceptors (Lipinski definition) is 6. The molecule has 0 aromatic heterocycles. The third kappa shape index (κ3) is 144. The molecule has 0 aromatic rings. The summed E-state index contributed by atoms with van der Waals surface area (Å²) in [6.45, 7) is 0. The molecule has 0 radical (unpaired) electrons. The minimum atomic E-state index is -4.34. The predicted molar refractivity (Wildman–Crippen MR) is 8.50 cm³/mol. The molecule has 0 bridgehead atoms. The Hall–Kier alpha value is 2.17. The van der Waals surface area contributed by atoms with Crippen LogP contribution in [0, 0.1) is 0 Å². The molecule has 9 heavy (non-hydrogen) atoms. The van der Waals surface area contributed by atoms with Gasteiger partial charge in [-0.1, -0.05) is 0 Å². The molecule has 9 heteroatoms. The molecule has 0 saturated carbocycles. The summed E-state index contributed by atoms with van der Waals surface area (Å²) in [4.78, 5) is 0. The zero-order valence-electron chi connectivity index (χ0n) is 4.05. The van der Waals surface area contributed by atoms with Crippen molar-refractivity contribution >= 4 is 48.9 Å². The quantitative estimate of drug-likeness (QED) is 0.272. The van der Waals surface area contributed by atoms with E-state index in [2.05, 4.69) is 0 Å². The summed E-state index contributed by atoms with van der Waals surface area (Å²) >= 11 is -8.69. The van der Waals surface area contributed by atoms with E-state index in [-0.39, 0.29) is 48.9 Å². The standard InChI is InChI=1S/Ba.6O.2Ta/q+2;;;;;2*-1;;. The first-order valence-corrected chi connectivity index (χ1v) is 8.97. The van der Waals surface area contributed by atoms with Crippen molar-refractivity contribution in [3.8, 4) is 0 Å². The van der Waals surface area contributed by atoms with Crippen LogP contribution < -0.4 is 7.23 Å². The molecule has 0 aromatic carbocycles. The Bertz CT molecular complexity index is 128. The molecular formula is BaO6Ta2. The van der Waals surface area contributed by atoms with Gasteiger partial charge >= 0.3 is 107 Å². The van der Waals surface area contributed by atoms with Crippen LogP contribution in [0.2, 0.25) is 0 Å². The van der Waals surface area contributed by atoms with Gasteiger partial charge in [-0.15, -0.1) is 0 Å². The fourth-order valence-corrected chi connectivity index (χ4v) is 0. The maximum absolute atomic E-state index is 8.62. The van der Waals surface area contributed by atoms with Gasteiger partial charge in [-0.2, -0.15) is 0 Å². The SMILES string of the molecule is [Ba+2].[O]=[Ta](=[O])[O-].[O]=[Ta](=[O])[O-]. The second-order valence-corrected chi connectivity index (χ2v) is 3.66. The molecule has 0 spiro atoms. The van der Waals surface area contributed by atoms with Crippen LogP contribution in [-0.2, 0) is 50.6 Å². The zero-order chi connectivity index (χ0) is 7.15. The topological polar surface area (TPSA) is 114 Å². The Labute approximate surface area is 104 Å². The number of rotatable bonds is 0. The second-order valence-electron chi connectivity index (χ2n) is 0.447. The molecule has 48 valence electrons. The van der Waals surface area contributed by atoms with Crippen molar-refractivity contribution in [2.24, 2.45) is 0 Å². The third-order valence-corrected chi connectivity index (χ3v) is 0. The van der Waals surface area contributed by atoms with E-state index in [1.54, 1.807) is 0 Å². The normalized spacial score (nSPS) is 5.56. The Morgan fingerprint density at radius 2 is 0.778 bits per heavy atom. The molecule has 6 nitrogen and oxygen atoms in total. The van der Waals surface area contributed by atoms with Crippen molar-refractivity contribution in [1.29, 1.82) is 0 Å². The summed E-state index contributed by atoms with van der Waals surface area (Å²) < 4.78 is 51.7. The Kier molecular flexibility index (Phi) is 24.6. The van der Waals surface area contributed by atoms with Crippen molar-refractivity contribution in [3.05, 3.63) is 0 Å². The van der Waals surface area contributed by atoms with Gasteiger partial charge in [0, 0.05) is 0 Å². The first-order valence-electron chi connectivity index (χ1n) is 1.10. The van der Waals surface area contributed by atoms with E-state index in [1.807, 2.05) is 0 Å². The average Bonchev–Trinajstić information content (AvgIpc) is 1.25.